The van der Waals surface area contributed by atoms with E-state index in [1.54, 1.807) is 24.4 Å². The Balaban J connectivity index is 1.96. The first-order valence-corrected chi connectivity index (χ1v) is 8.52. The first-order valence-electron chi connectivity index (χ1n) is 8.52. The molecule has 27 heavy (non-hydrogen) atoms. The molecule has 0 aliphatic heterocycles. The van der Waals surface area contributed by atoms with Crippen molar-refractivity contribution in [2.24, 2.45) is 0 Å². The van der Waals surface area contributed by atoms with Gasteiger partial charge in [0.05, 0.1) is 16.6 Å². The predicted molar refractivity (Wildman–Crippen MR) is 102 cm³/mol. The van der Waals surface area contributed by atoms with Crippen LogP contribution in [0.1, 0.15) is 41.5 Å². The first kappa shape index (κ1) is 18.5. The lowest BCUT2D eigenvalue weighted by Crippen LogP contribution is -2.55. The average Bonchev–Trinajstić information content (AvgIpc) is 2.64. The summed E-state index contributed by atoms with van der Waals surface area (Å²) in [6, 6.07) is 14.1. The number of benzene rings is 2. The molecule has 6 heteroatoms. The van der Waals surface area contributed by atoms with Crippen molar-refractivity contribution in [1.82, 2.24) is 15.4 Å². The molecule has 5 nitrogen and oxygen atoms in total. The van der Waals surface area contributed by atoms with Gasteiger partial charge in [0.15, 0.2) is 0 Å². The molecule has 1 N–H and O–H groups in total. The Morgan fingerprint density at radius 3 is 2.33 bits per heavy atom. The Labute approximate surface area is 156 Å². The van der Waals surface area contributed by atoms with Crippen molar-refractivity contribution in [2.75, 3.05) is 0 Å². The fraction of sp³-hybridized carbons (Fsp3) is 0.190. The van der Waals surface area contributed by atoms with Gasteiger partial charge in [-0.2, -0.15) is 0 Å². The van der Waals surface area contributed by atoms with Crippen LogP contribution in [0.25, 0.3) is 10.9 Å². The molecule has 3 rings (SSSR count). The van der Waals surface area contributed by atoms with E-state index in [1.165, 1.54) is 29.3 Å². The Bertz CT molecular complexity index is 989. The molecule has 0 atom stereocenters. The Kier molecular flexibility index (Phi) is 4.90. The second kappa shape index (κ2) is 7.15. The SMILES string of the molecule is CC(C)(C)N(NC(=O)c1ccc(F)cc1)C(=O)c1cccc2cccnc12. The van der Waals surface area contributed by atoms with Crippen molar-refractivity contribution in [3.8, 4) is 0 Å². The van der Waals surface area contributed by atoms with Gasteiger partial charge in [-0.25, -0.2) is 9.40 Å². The van der Waals surface area contributed by atoms with Gasteiger partial charge >= 0.3 is 0 Å². The van der Waals surface area contributed by atoms with E-state index in [0.29, 0.717) is 11.1 Å². The maximum absolute atomic E-state index is 13.2. The quantitative estimate of drug-likeness (QED) is 0.699. The zero-order valence-corrected chi connectivity index (χ0v) is 15.4. The lowest BCUT2D eigenvalue weighted by Gasteiger charge is -2.35. The van der Waals surface area contributed by atoms with E-state index in [1.807, 2.05) is 32.9 Å². The highest BCUT2D eigenvalue weighted by atomic mass is 19.1. The molecule has 0 radical (unpaired) electrons. The number of nitrogens with one attached hydrogen (secondary N) is 1. The Hall–Kier alpha value is -3.28. The summed E-state index contributed by atoms with van der Waals surface area (Å²) in [5, 5.41) is 2.12. The van der Waals surface area contributed by atoms with Crippen LogP contribution in [0.15, 0.2) is 60.8 Å². The number of hydrogen-bond acceptors (Lipinski definition) is 3. The summed E-state index contributed by atoms with van der Waals surface area (Å²) in [6.45, 7) is 5.44. The molecule has 0 saturated heterocycles. The number of fused-ring (bicyclic) bond motifs is 1. The summed E-state index contributed by atoms with van der Waals surface area (Å²) in [6.07, 6.45) is 1.62. The van der Waals surface area contributed by atoms with Gasteiger partial charge in [0.25, 0.3) is 11.8 Å². The van der Waals surface area contributed by atoms with Gasteiger partial charge < -0.3 is 0 Å². The molecule has 1 heterocycles. The molecule has 2 amide bonds. The zero-order valence-electron chi connectivity index (χ0n) is 15.4. The third-order valence-corrected chi connectivity index (χ3v) is 4.06. The van der Waals surface area contributed by atoms with E-state index in [2.05, 4.69) is 10.4 Å². The summed E-state index contributed by atoms with van der Waals surface area (Å²) >= 11 is 0. The third-order valence-electron chi connectivity index (χ3n) is 4.06. The minimum absolute atomic E-state index is 0.259. The van der Waals surface area contributed by atoms with Gasteiger partial charge in [-0.3, -0.25) is 20.0 Å². The molecule has 138 valence electrons. The largest absolute Gasteiger partial charge is 0.274 e. The van der Waals surface area contributed by atoms with Gasteiger partial charge in [-0.15, -0.1) is 0 Å². The third kappa shape index (κ3) is 3.95. The number of hydrogen-bond donors (Lipinski definition) is 1. The van der Waals surface area contributed by atoms with Crippen molar-refractivity contribution in [3.63, 3.8) is 0 Å². The summed E-state index contributed by atoms with van der Waals surface area (Å²) < 4.78 is 13.1. The monoisotopic (exact) mass is 365 g/mol. The van der Waals surface area contributed by atoms with Gasteiger partial charge in [0, 0.05) is 17.1 Å². The highest BCUT2D eigenvalue weighted by Gasteiger charge is 2.30. The van der Waals surface area contributed by atoms with Crippen LogP contribution in [0.2, 0.25) is 0 Å². The zero-order chi connectivity index (χ0) is 19.6. The number of aromatic nitrogens is 1. The summed E-state index contributed by atoms with van der Waals surface area (Å²) in [7, 11) is 0. The van der Waals surface area contributed by atoms with Gasteiger partial charge in [-0.1, -0.05) is 18.2 Å². The van der Waals surface area contributed by atoms with Crippen LogP contribution in [0.4, 0.5) is 4.39 Å². The highest BCUT2D eigenvalue weighted by molar-refractivity contribution is 6.06. The molecule has 0 aliphatic carbocycles. The van der Waals surface area contributed by atoms with E-state index >= 15 is 0 Å². The molecule has 0 saturated carbocycles. The molecule has 0 aliphatic rings. The second-order valence-electron chi connectivity index (χ2n) is 7.14. The standard InChI is InChI=1S/C21H20FN3O2/c1-21(2,3)25(24-19(26)15-9-11-16(22)12-10-15)20(27)17-8-4-6-14-7-5-13-23-18(14)17/h4-13H,1-3H3,(H,24,26). The molecular weight excluding hydrogens is 345 g/mol. The number of pyridine rings is 1. The predicted octanol–water partition coefficient (Wildman–Crippen LogP) is 3.96. The van der Waals surface area contributed by atoms with Crippen molar-refractivity contribution in [1.29, 1.82) is 0 Å². The minimum atomic E-state index is -0.691. The molecule has 0 unspecified atom stereocenters. The molecule has 2 aromatic carbocycles. The minimum Gasteiger partial charge on any atom is -0.267 e. The van der Waals surface area contributed by atoms with Crippen LogP contribution >= 0.6 is 0 Å². The molecule has 1 aromatic heterocycles. The number of carbonyl (C=O) groups is 2. The Morgan fingerprint density at radius 1 is 1.00 bits per heavy atom. The number of rotatable bonds is 2. The molecule has 3 aromatic rings. The topological polar surface area (TPSA) is 62.3 Å². The average molecular weight is 365 g/mol. The van der Waals surface area contributed by atoms with Crippen molar-refractivity contribution >= 4 is 22.7 Å². The van der Waals surface area contributed by atoms with E-state index in [0.717, 1.165) is 5.39 Å². The van der Waals surface area contributed by atoms with Gasteiger partial charge in [0.1, 0.15) is 5.82 Å². The number of amides is 2. The van der Waals surface area contributed by atoms with Crippen LogP contribution in [-0.4, -0.2) is 27.3 Å². The maximum atomic E-state index is 13.2. The lowest BCUT2D eigenvalue weighted by atomic mass is 10.0. The number of nitrogens with zero attached hydrogens (tertiary/aromatic N) is 2. The summed E-state index contributed by atoms with van der Waals surface area (Å²) in [5.74, 6) is -1.30. The van der Waals surface area contributed by atoms with E-state index in [4.69, 9.17) is 0 Å². The molecule has 0 fully saturated rings. The first-order chi connectivity index (χ1) is 12.8. The van der Waals surface area contributed by atoms with E-state index in [-0.39, 0.29) is 11.5 Å². The van der Waals surface area contributed by atoms with Crippen LogP contribution < -0.4 is 5.43 Å². The van der Waals surface area contributed by atoms with Crippen LogP contribution in [0, 0.1) is 5.82 Å². The van der Waals surface area contributed by atoms with Crippen LogP contribution in [0.5, 0.6) is 0 Å². The summed E-state index contributed by atoms with van der Waals surface area (Å²) in [5.41, 5.74) is 3.17. The van der Waals surface area contributed by atoms with Crippen molar-refractivity contribution in [2.45, 2.75) is 26.3 Å². The number of para-hydroxylation sites is 1. The highest BCUT2D eigenvalue weighted by Crippen LogP contribution is 2.21. The second-order valence-corrected chi connectivity index (χ2v) is 7.14. The van der Waals surface area contributed by atoms with Crippen molar-refractivity contribution < 1.29 is 14.0 Å². The number of halogens is 1. The van der Waals surface area contributed by atoms with E-state index in [9.17, 15) is 14.0 Å². The van der Waals surface area contributed by atoms with Gasteiger partial charge in [0.2, 0.25) is 0 Å². The fourth-order valence-electron chi connectivity index (χ4n) is 2.69. The van der Waals surface area contributed by atoms with Gasteiger partial charge in [-0.05, 0) is 57.2 Å². The van der Waals surface area contributed by atoms with E-state index < -0.39 is 17.3 Å². The normalized spacial score (nSPS) is 11.3. The molecule has 0 bridgehead atoms. The number of hydrazine groups is 1. The van der Waals surface area contributed by atoms with Crippen LogP contribution in [-0.2, 0) is 0 Å². The maximum Gasteiger partial charge on any atom is 0.274 e. The smallest absolute Gasteiger partial charge is 0.267 e. The van der Waals surface area contributed by atoms with Crippen molar-refractivity contribution in [3.05, 3.63) is 77.7 Å². The Morgan fingerprint density at radius 2 is 1.67 bits per heavy atom. The lowest BCUT2D eigenvalue weighted by molar-refractivity contribution is 0.0360. The summed E-state index contributed by atoms with van der Waals surface area (Å²) in [4.78, 5) is 30.1. The fourth-order valence-corrected chi connectivity index (χ4v) is 2.69. The molecular formula is C21H20FN3O2. The molecule has 0 spiro atoms. The van der Waals surface area contributed by atoms with Crippen LogP contribution in [0.3, 0.4) is 0 Å². The number of carbonyl (C=O) groups excluding carboxylic acids is 2.